The van der Waals surface area contributed by atoms with Crippen molar-refractivity contribution in [3.63, 3.8) is 0 Å². The molecule has 0 bridgehead atoms. The quantitative estimate of drug-likeness (QED) is 0.559. The second-order valence-corrected chi connectivity index (χ2v) is 6.19. The van der Waals surface area contributed by atoms with Gasteiger partial charge in [-0.2, -0.15) is 5.10 Å². The molecule has 2 aromatic rings. The van der Waals surface area contributed by atoms with Crippen LogP contribution in [0.4, 0.5) is 0 Å². The molecule has 0 atom stereocenters. The number of hydrogen-bond donors (Lipinski definition) is 2. The zero-order valence-corrected chi connectivity index (χ0v) is 15.2. The lowest BCUT2D eigenvalue weighted by molar-refractivity contribution is 0.0955. The minimum absolute atomic E-state index is 0.0457. The molecule has 1 amide bonds. The highest BCUT2D eigenvalue weighted by Crippen LogP contribution is 2.25. The monoisotopic (exact) mass is 356 g/mol. The van der Waals surface area contributed by atoms with Gasteiger partial charge in [-0.3, -0.25) is 4.79 Å². The number of hydrogen-bond acceptors (Lipinski definition) is 5. The van der Waals surface area contributed by atoms with Crippen molar-refractivity contribution in [1.29, 1.82) is 0 Å². The van der Waals surface area contributed by atoms with E-state index in [0.29, 0.717) is 29.4 Å². The second-order valence-electron chi connectivity index (χ2n) is 6.19. The summed E-state index contributed by atoms with van der Waals surface area (Å²) in [5.41, 5.74) is 3.64. The second kappa shape index (κ2) is 9.46. The first-order chi connectivity index (χ1) is 12.5. The molecular formula is C20H24N2O4. The summed E-state index contributed by atoms with van der Waals surface area (Å²) in [6.07, 6.45) is 2.46. The van der Waals surface area contributed by atoms with Gasteiger partial charge in [0.2, 0.25) is 0 Å². The van der Waals surface area contributed by atoms with Crippen LogP contribution in [0.3, 0.4) is 0 Å². The van der Waals surface area contributed by atoms with Gasteiger partial charge in [-0.05, 0) is 60.4 Å². The average molecular weight is 356 g/mol. The van der Waals surface area contributed by atoms with Gasteiger partial charge >= 0.3 is 0 Å². The molecule has 26 heavy (non-hydrogen) atoms. The first-order valence-corrected chi connectivity index (χ1v) is 8.43. The fraction of sp³-hybridized carbons (Fsp3) is 0.300. The number of amides is 1. The average Bonchev–Trinajstić information content (AvgIpc) is 2.63. The van der Waals surface area contributed by atoms with E-state index in [0.717, 1.165) is 12.2 Å². The zero-order chi connectivity index (χ0) is 18.9. The zero-order valence-electron chi connectivity index (χ0n) is 15.2. The summed E-state index contributed by atoms with van der Waals surface area (Å²) in [5.74, 6) is 1.40. The van der Waals surface area contributed by atoms with Crippen molar-refractivity contribution in [2.24, 2.45) is 11.0 Å². The van der Waals surface area contributed by atoms with Gasteiger partial charge in [0, 0.05) is 5.56 Å². The minimum atomic E-state index is -0.319. The van der Waals surface area contributed by atoms with E-state index in [2.05, 4.69) is 24.4 Å². The van der Waals surface area contributed by atoms with Crippen LogP contribution in [0.5, 0.6) is 17.2 Å². The third-order valence-electron chi connectivity index (χ3n) is 3.66. The predicted molar refractivity (Wildman–Crippen MR) is 101 cm³/mol. The van der Waals surface area contributed by atoms with Crippen molar-refractivity contribution < 1.29 is 19.4 Å². The fourth-order valence-corrected chi connectivity index (χ4v) is 2.12. The van der Waals surface area contributed by atoms with Crippen molar-refractivity contribution in [2.45, 2.75) is 20.3 Å². The Hall–Kier alpha value is -3.02. The topological polar surface area (TPSA) is 80.2 Å². The minimum Gasteiger partial charge on any atom is -0.504 e. The lowest BCUT2D eigenvalue weighted by Gasteiger charge is -2.08. The van der Waals surface area contributed by atoms with Crippen LogP contribution in [0, 0.1) is 5.92 Å². The maximum absolute atomic E-state index is 12.1. The number of phenols is 1. The molecule has 0 heterocycles. The van der Waals surface area contributed by atoms with Crippen LogP contribution in [-0.2, 0) is 0 Å². The highest BCUT2D eigenvalue weighted by atomic mass is 16.5. The molecule has 6 nitrogen and oxygen atoms in total. The van der Waals surface area contributed by atoms with Gasteiger partial charge in [-0.15, -0.1) is 0 Å². The Morgan fingerprint density at radius 2 is 1.96 bits per heavy atom. The normalized spacial score (nSPS) is 10.9. The molecule has 0 radical (unpaired) electrons. The molecule has 0 aliphatic carbocycles. The Balaban J connectivity index is 1.89. The summed E-state index contributed by atoms with van der Waals surface area (Å²) in [7, 11) is 1.47. The summed E-state index contributed by atoms with van der Waals surface area (Å²) in [6, 6.07) is 11.7. The van der Waals surface area contributed by atoms with E-state index in [4.69, 9.17) is 9.47 Å². The third-order valence-corrected chi connectivity index (χ3v) is 3.66. The van der Waals surface area contributed by atoms with Crippen LogP contribution in [-0.4, -0.2) is 30.9 Å². The number of ether oxygens (including phenoxy) is 2. The Morgan fingerprint density at radius 3 is 2.62 bits per heavy atom. The number of nitrogens with one attached hydrogen (secondary N) is 1. The standard InChI is InChI=1S/C20H24N2O4/c1-14(2)10-11-26-17-7-5-16(6-8-17)20(24)22-21-13-15-4-9-18(23)19(12-15)25-3/h4-9,12-14,23H,10-11H2,1-3H3,(H,22,24). The Morgan fingerprint density at radius 1 is 1.23 bits per heavy atom. The van der Waals surface area contributed by atoms with Crippen LogP contribution in [0.2, 0.25) is 0 Å². The maximum Gasteiger partial charge on any atom is 0.271 e. The number of methoxy groups -OCH3 is 1. The Kier molecular flexibility index (Phi) is 7.02. The van der Waals surface area contributed by atoms with E-state index >= 15 is 0 Å². The molecule has 0 aliphatic rings. The molecule has 2 N–H and O–H groups in total. The molecule has 138 valence electrons. The van der Waals surface area contributed by atoms with Gasteiger partial charge in [0.15, 0.2) is 11.5 Å². The first kappa shape index (κ1) is 19.3. The molecule has 0 unspecified atom stereocenters. The molecule has 0 spiro atoms. The van der Waals surface area contributed by atoms with Crippen molar-refractivity contribution in [1.82, 2.24) is 5.43 Å². The molecule has 0 aromatic heterocycles. The van der Waals surface area contributed by atoms with E-state index < -0.39 is 0 Å². The van der Waals surface area contributed by atoms with Gasteiger partial charge in [0.25, 0.3) is 5.91 Å². The van der Waals surface area contributed by atoms with Crippen molar-refractivity contribution >= 4 is 12.1 Å². The third kappa shape index (κ3) is 5.81. The number of carbonyl (C=O) groups is 1. The summed E-state index contributed by atoms with van der Waals surface area (Å²) in [6.45, 7) is 4.95. The smallest absolute Gasteiger partial charge is 0.271 e. The largest absolute Gasteiger partial charge is 0.504 e. The Labute approximate surface area is 153 Å². The molecular weight excluding hydrogens is 332 g/mol. The highest BCUT2D eigenvalue weighted by molar-refractivity contribution is 5.95. The summed E-state index contributed by atoms with van der Waals surface area (Å²) >= 11 is 0. The molecule has 2 rings (SSSR count). The lowest BCUT2D eigenvalue weighted by atomic mass is 10.1. The van der Waals surface area contributed by atoms with Crippen molar-refractivity contribution in [3.05, 3.63) is 53.6 Å². The van der Waals surface area contributed by atoms with Crippen LogP contribution < -0.4 is 14.9 Å². The molecule has 6 heteroatoms. The number of carbonyl (C=O) groups excluding carboxylic acids is 1. The molecule has 0 fully saturated rings. The number of aromatic hydroxyl groups is 1. The van der Waals surface area contributed by atoms with E-state index in [1.807, 2.05) is 0 Å². The van der Waals surface area contributed by atoms with Crippen molar-refractivity contribution in [2.75, 3.05) is 13.7 Å². The van der Waals surface area contributed by atoms with Crippen LogP contribution in [0.1, 0.15) is 36.2 Å². The van der Waals surface area contributed by atoms with Crippen LogP contribution >= 0.6 is 0 Å². The van der Waals surface area contributed by atoms with Crippen molar-refractivity contribution in [3.8, 4) is 17.2 Å². The number of hydrazone groups is 1. The molecule has 0 aliphatic heterocycles. The molecule has 0 saturated carbocycles. The van der Waals surface area contributed by atoms with Crippen LogP contribution in [0.25, 0.3) is 0 Å². The van der Waals surface area contributed by atoms with Gasteiger partial charge in [-0.25, -0.2) is 5.43 Å². The lowest BCUT2D eigenvalue weighted by Crippen LogP contribution is -2.17. The number of benzene rings is 2. The predicted octanol–water partition coefficient (Wildman–Crippen LogP) is 3.59. The first-order valence-electron chi connectivity index (χ1n) is 8.43. The summed E-state index contributed by atoms with van der Waals surface area (Å²) in [5, 5.41) is 13.5. The number of rotatable bonds is 8. The van der Waals surface area contributed by atoms with Gasteiger partial charge < -0.3 is 14.6 Å². The summed E-state index contributed by atoms with van der Waals surface area (Å²) < 4.78 is 10.7. The number of phenolic OH excluding ortho intramolecular Hbond substituents is 1. The summed E-state index contributed by atoms with van der Waals surface area (Å²) in [4.78, 5) is 12.1. The SMILES string of the molecule is COc1cc(C=NNC(=O)c2ccc(OCCC(C)C)cc2)ccc1O. The fourth-order valence-electron chi connectivity index (χ4n) is 2.12. The maximum atomic E-state index is 12.1. The number of nitrogens with zero attached hydrogens (tertiary/aromatic N) is 1. The van der Waals surface area contributed by atoms with E-state index in [1.54, 1.807) is 36.4 Å². The van der Waals surface area contributed by atoms with Gasteiger partial charge in [0.05, 0.1) is 19.9 Å². The van der Waals surface area contributed by atoms with E-state index in [-0.39, 0.29) is 11.7 Å². The van der Waals surface area contributed by atoms with Crippen LogP contribution in [0.15, 0.2) is 47.6 Å². The molecule has 0 saturated heterocycles. The van der Waals surface area contributed by atoms with E-state index in [1.165, 1.54) is 19.4 Å². The highest BCUT2D eigenvalue weighted by Gasteiger charge is 2.05. The van der Waals surface area contributed by atoms with Gasteiger partial charge in [0.1, 0.15) is 5.75 Å². The van der Waals surface area contributed by atoms with E-state index in [9.17, 15) is 9.90 Å². The Bertz CT molecular complexity index is 755. The molecule has 2 aromatic carbocycles. The van der Waals surface area contributed by atoms with Gasteiger partial charge in [-0.1, -0.05) is 13.8 Å².